The Labute approximate surface area is 173 Å². The maximum Gasteiger partial charge on any atom is 0.194 e. The molecule has 1 N–H and O–H groups in total. The summed E-state index contributed by atoms with van der Waals surface area (Å²) >= 11 is 0. The van der Waals surface area contributed by atoms with Gasteiger partial charge in [-0.15, -0.1) is 0 Å². The van der Waals surface area contributed by atoms with Gasteiger partial charge in [-0.25, -0.2) is 0 Å². The lowest BCUT2D eigenvalue weighted by atomic mass is 9.99. The van der Waals surface area contributed by atoms with Crippen LogP contribution in [0.4, 0.5) is 5.69 Å². The maximum atomic E-state index is 5.52. The summed E-state index contributed by atoms with van der Waals surface area (Å²) < 4.78 is 10.9. The molecule has 1 fully saturated rings. The van der Waals surface area contributed by atoms with Gasteiger partial charge in [-0.3, -0.25) is 4.99 Å². The first-order valence-corrected chi connectivity index (χ1v) is 10.5. The number of methoxy groups -OCH3 is 1. The number of hydrogen-bond donors (Lipinski definition) is 1. The van der Waals surface area contributed by atoms with Gasteiger partial charge >= 0.3 is 0 Å². The van der Waals surface area contributed by atoms with Crippen LogP contribution in [0.2, 0.25) is 0 Å². The van der Waals surface area contributed by atoms with Crippen LogP contribution in [0.5, 0.6) is 5.75 Å². The molecule has 1 aromatic carbocycles. The largest absolute Gasteiger partial charge is 0.497 e. The normalized spacial score (nSPS) is 15.1. The van der Waals surface area contributed by atoms with Crippen molar-refractivity contribution in [3.8, 4) is 5.75 Å². The molecule has 1 saturated heterocycles. The van der Waals surface area contributed by atoms with Gasteiger partial charge in [-0.1, -0.05) is 25.1 Å². The topological polar surface area (TPSA) is 66.1 Å². The predicted octanol–water partition coefficient (Wildman–Crippen LogP) is 3.48. The van der Waals surface area contributed by atoms with E-state index >= 15 is 0 Å². The summed E-state index contributed by atoms with van der Waals surface area (Å²) in [6, 6.07) is 10.3. The third-order valence-corrected chi connectivity index (χ3v) is 5.61. The molecule has 3 rings (SSSR count). The van der Waals surface area contributed by atoms with Crippen molar-refractivity contribution in [3.63, 3.8) is 0 Å². The average molecular weight is 400 g/mol. The molecule has 7 heteroatoms. The van der Waals surface area contributed by atoms with Crippen molar-refractivity contribution in [2.75, 3.05) is 45.2 Å². The standard InChI is InChI=1S/C22H33N5O2/c1-5-17(6-2)21-15-20(29-25-21)16-24-22(23-3)27-12-10-26(11-13-27)18-8-7-9-19(14-18)28-4/h7-9,14-15,17H,5-6,10-13,16H2,1-4H3,(H,23,24). The number of aromatic nitrogens is 1. The summed E-state index contributed by atoms with van der Waals surface area (Å²) in [5.74, 6) is 3.11. The van der Waals surface area contributed by atoms with E-state index in [2.05, 4.69) is 57.3 Å². The molecule has 0 spiro atoms. The second-order valence-corrected chi connectivity index (χ2v) is 7.31. The smallest absolute Gasteiger partial charge is 0.194 e. The monoisotopic (exact) mass is 399 g/mol. The molecule has 2 heterocycles. The molecule has 0 unspecified atom stereocenters. The van der Waals surface area contributed by atoms with Gasteiger partial charge in [0.05, 0.1) is 19.3 Å². The Morgan fingerprint density at radius 2 is 1.97 bits per heavy atom. The first-order chi connectivity index (χ1) is 14.2. The molecule has 0 atom stereocenters. The number of rotatable bonds is 7. The number of nitrogens with one attached hydrogen (secondary N) is 1. The van der Waals surface area contributed by atoms with Crippen LogP contribution in [-0.4, -0.2) is 56.4 Å². The number of piperazine rings is 1. The number of benzene rings is 1. The zero-order valence-corrected chi connectivity index (χ0v) is 18.0. The summed E-state index contributed by atoms with van der Waals surface area (Å²) in [6.07, 6.45) is 2.16. The molecule has 1 aliphatic rings. The Balaban J connectivity index is 1.53. The predicted molar refractivity (Wildman–Crippen MR) is 117 cm³/mol. The first kappa shape index (κ1) is 21.0. The lowest BCUT2D eigenvalue weighted by molar-refractivity contribution is 0.353. The van der Waals surface area contributed by atoms with Crippen molar-refractivity contribution < 1.29 is 9.26 Å². The van der Waals surface area contributed by atoms with E-state index in [1.54, 1.807) is 7.11 Å². The number of aliphatic imine (C=N–C) groups is 1. The number of ether oxygens (including phenoxy) is 1. The quantitative estimate of drug-likeness (QED) is 0.568. The highest BCUT2D eigenvalue weighted by Gasteiger charge is 2.20. The van der Waals surface area contributed by atoms with Gasteiger partial charge in [0.25, 0.3) is 0 Å². The van der Waals surface area contributed by atoms with Gasteiger partial charge in [0.15, 0.2) is 11.7 Å². The molecule has 0 saturated carbocycles. The average Bonchev–Trinajstić information content (AvgIpc) is 3.24. The van der Waals surface area contributed by atoms with Crippen molar-refractivity contribution in [2.24, 2.45) is 4.99 Å². The number of guanidine groups is 1. The SMILES string of the molecule is CCC(CC)c1cc(CNC(=NC)N2CCN(c3cccc(OC)c3)CC2)on1. The highest BCUT2D eigenvalue weighted by atomic mass is 16.5. The van der Waals surface area contributed by atoms with Crippen LogP contribution in [0, 0.1) is 0 Å². The van der Waals surface area contributed by atoms with E-state index in [-0.39, 0.29) is 0 Å². The summed E-state index contributed by atoms with van der Waals surface area (Å²) in [6.45, 7) is 8.67. The molecule has 0 radical (unpaired) electrons. The van der Waals surface area contributed by atoms with E-state index in [9.17, 15) is 0 Å². The van der Waals surface area contributed by atoms with E-state index < -0.39 is 0 Å². The minimum Gasteiger partial charge on any atom is -0.497 e. The molecule has 2 aromatic rings. The van der Waals surface area contributed by atoms with Crippen molar-refractivity contribution in [2.45, 2.75) is 39.2 Å². The van der Waals surface area contributed by atoms with Crippen LogP contribution in [-0.2, 0) is 6.54 Å². The van der Waals surface area contributed by atoms with Crippen LogP contribution in [0.3, 0.4) is 0 Å². The van der Waals surface area contributed by atoms with Gasteiger partial charge in [-0.2, -0.15) is 0 Å². The van der Waals surface area contributed by atoms with Gasteiger partial charge in [0.2, 0.25) is 0 Å². The maximum absolute atomic E-state index is 5.52. The lowest BCUT2D eigenvalue weighted by Gasteiger charge is -2.37. The summed E-state index contributed by atoms with van der Waals surface area (Å²) in [7, 11) is 3.53. The van der Waals surface area contributed by atoms with Crippen LogP contribution >= 0.6 is 0 Å². The molecule has 0 amide bonds. The third kappa shape index (κ3) is 5.22. The van der Waals surface area contributed by atoms with Crippen molar-refractivity contribution in [3.05, 3.63) is 41.8 Å². The van der Waals surface area contributed by atoms with E-state index in [1.807, 2.05) is 19.2 Å². The summed E-state index contributed by atoms with van der Waals surface area (Å²) in [5, 5.41) is 7.67. The van der Waals surface area contributed by atoms with Crippen LogP contribution in [0.15, 0.2) is 39.8 Å². The highest BCUT2D eigenvalue weighted by molar-refractivity contribution is 5.80. The number of hydrogen-bond acceptors (Lipinski definition) is 5. The first-order valence-electron chi connectivity index (χ1n) is 10.5. The van der Waals surface area contributed by atoms with E-state index in [0.29, 0.717) is 12.5 Å². The Morgan fingerprint density at radius 3 is 2.62 bits per heavy atom. The molecule has 1 aromatic heterocycles. The fraction of sp³-hybridized carbons (Fsp3) is 0.545. The number of nitrogens with zero attached hydrogens (tertiary/aromatic N) is 4. The minimum absolute atomic E-state index is 0.469. The van der Waals surface area contributed by atoms with Crippen LogP contribution < -0.4 is 15.0 Å². The third-order valence-electron chi connectivity index (χ3n) is 5.61. The second kappa shape index (κ2) is 10.2. The summed E-state index contributed by atoms with van der Waals surface area (Å²) in [5.41, 5.74) is 2.25. The molecule has 158 valence electrons. The zero-order chi connectivity index (χ0) is 20.6. The summed E-state index contributed by atoms with van der Waals surface area (Å²) in [4.78, 5) is 9.12. The Hall–Kier alpha value is -2.70. The van der Waals surface area contributed by atoms with E-state index in [1.165, 1.54) is 5.69 Å². The Kier molecular flexibility index (Phi) is 7.38. The van der Waals surface area contributed by atoms with Crippen LogP contribution in [0.1, 0.15) is 44.1 Å². The van der Waals surface area contributed by atoms with Crippen LogP contribution in [0.25, 0.3) is 0 Å². The van der Waals surface area contributed by atoms with Gasteiger partial charge in [0, 0.05) is 57.0 Å². The van der Waals surface area contributed by atoms with Crippen molar-refractivity contribution in [1.29, 1.82) is 0 Å². The van der Waals surface area contributed by atoms with Gasteiger partial charge < -0.3 is 24.4 Å². The lowest BCUT2D eigenvalue weighted by Crippen LogP contribution is -2.52. The van der Waals surface area contributed by atoms with Gasteiger partial charge in [0.1, 0.15) is 5.75 Å². The molecule has 0 aliphatic carbocycles. The van der Waals surface area contributed by atoms with Crippen molar-refractivity contribution in [1.82, 2.24) is 15.4 Å². The van der Waals surface area contributed by atoms with E-state index in [4.69, 9.17) is 9.26 Å². The van der Waals surface area contributed by atoms with Gasteiger partial charge in [-0.05, 0) is 25.0 Å². The Bertz CT molecular complexity index is 792. The van der Waals surface area contributed by atoms with E-state index in [0.717, 1.165) is 62.2 Å². The molecular weight excluding hydrogens is 366 g/mol. The second-order valence-electron chi connectivity index (χ2n) is 7.31. The molecule has 29 heavy (non-hydrogen) atoms. The fourth-order valence-electron chi connectivity index (χ4n) is 3.79. The molecule has 0 bridgehead atoms. The highest BCUT2D eigenvalue weighted by Crippen LogP contribution is 2.23. The molecule has 1 aliphatic heterocycles. The molecular formula is C22H33N5O2. The molecule has 7 nitrogen and oxygen atoms in total. The minimum atomic E-state index is 0.469. The number of anilines is 1. The fourth-order valence-corrected chi connectivity index (χ4v) is 3.79. The van der Waals surface area contributed by atoms with Crippen molar-refractivity contribution >= 4 is 11.6 Å². The Morgan fingerprint density at radius 1 is 1.21 bits per heavy atom. The zero-order valence-electron chi connectivity index (χ0n) is 18.0.